The van der Waals surface area contributed by atoms with Crippen LogP contribution < -0.4 is 14.5 Å². The summed E-state index contributed by atoms with van der Waals surface area (Å²) in [5, 5.41) is 2.39. The van der Waals surface area contributed by atoms with E-state index in [1.54, 1.807) is 0 Å². The maximum absolute atomic E-state index is 7.04. The molecular formula is C58H54N4O. The molecule has 63 heavy (non-hydrogen) atoms. The Morgan fingerprint density at radius 3 is 1.73 bits per heavy atom. The summed E-state index contributed by atoms with van der Waals surface area (Å²) in [6, 6.07) is 65.4. The average molecular weight is 823 g/mol. The second-order valence-electron chi connectivity index (χ2n) is 19.0. The summed E-state index contributed by atoms with van der Waals surface area (Å²) >= 11 is 0. The van der Waals surface area contributed by atoms with Crippen LogP contribution >= 0.6 is 0 Å². The summed E-state index contributed by atoms with van der Waals surface area (Å²) in [7, 11) is 0. The van der Waals surface area contributed by atoms with Crippen LogP contribution in [-0.2, 0) is 16.2 Å². The molecule has 1 aliphatic rings. The fraction of sp³-hybridized carbons (Fsp3) is 0.190. The first kappa shape index (κ1) is 40.0. The van der Waals surface area contributed by atoms with Crippen molar-refractivity contribution in [1.82, 2.24) is 9.55 Å². The van der Waals surface area contributed by atoms with E-state index in [-0.39, 0.29) is 16.2 Å². The molecule has 2 aromatic heterocycles. The monoisotopic (exact) mass is 822 g/mol. The minimum atomic E-state index is -0.354. The average Bonchev–Trinajstić information content (AvgIpc) is 3.86. The Balaban J connectivity index is 1.06. The van der Waals surface area contributed by atoms with E-state index in [4.69, 9.17) is 9.72 Å². The molecule has 312 valence electrons. The van der Waals surface area contributed by atoms with Crippen molar-refractivity contribution >= 4 is 44.6 Å². The number of benzene rings is 7. The second kappa shape index (κ2) is 15.4. The van der Waals surface area contributed by atoms with E-state index in [0.29, 0.717) is 6.67 Å². The molecule has 0 N–H and O–H groups in total. The van der Waals surface area contributed by atoms with E-state index < -0.39 is 0 Å². The van der Waals surface area contributed by atoms with Gasteiger partial charge in [0.25, 0.3) is 0 Å². The summed E-state index contributed by atoms with van der Waals surface area (Å²) in [4.78, 5) is 9.81. The number of rotatable bonds is 9. The van der Waals surface area contributed by atoms with E-state index in [1.807, 2.05) is 6.20 Å². The van der Waals surface area contributed by atoms with Crippen LogP contribution in [0.15, 0.2) is 188 Å². The summed E-state index contributed by atoms with van der Waals surface area (Å²) in [5.74, 6) is 2.44. The van der Waals surface area contributed by atoms with Crippen molar-refractivity contribution in [1.29, 1.82) is 0 Å². The van der Waals surface area contributed by atoms with Crippen LogP contribution in [0.2, 0.25) is 0 Å². The van der Waals surface area contributed by atoms with E-state index in [2.05, 4.69) is 245 Å². The van der Waals surface area contributed by atoms with Crippen molar-refractivity contribution in [3.8, 4) is 17.3 Å². The number of hydrogen-bond donors (Lipinski definition) is 0. The summed E-state index contributed by atoms with van der Waals surface area (Å²) in [6.07, 6.45) is 1.94. The molecule has 3 heterocycles. The number of nitrogens with zero attached hydrogens (tertiary/aromatic N) is 4. The molecule has 7 aromatic carbocycles. The minimum absolute atomic E-state index is 0.0353. The maximum Gasteiger partial charge on any atom is 0.137 e. The van der Waals surface area contributed by atoms with Crippen molar-refractivity contribution in [2.24, 2.45) is 0 Å². The zero-order valence-electron chi connectivity index (χ0n) is 37.3. The van der Waals surface area contributed by atoms with Gasteiger partial charge in [0, 0.05) is 51.3 Å². The molecular weight excluding hydrogens is 769 g/mol. The molecule has 1 aliphatic heterocycles. The molecule has 0 amide bonds. The molecule has 0 radical (unpaired) electrons. The standard InChI is InChI=1S/C58H54N4O/c1-56(2,3)42-32-33-59-54(35-42)62-50-29-15-14-28-48(50)55-49(58(6,7)41-22-12-9-13-23-41)37-47(38-53(55)62)63-46-27-19-26-45(36-46)61-39-60(51-30-16-17-31-52(51)61)44-25-18-24-43(34-44)57(4,5)40-20-10-8-11-21-40/h8-38H,39H2,1-7H3. The van der Waals surface area contributed by atoms with Crippen LogP contribution in [0.25, 0.3) is 27.6 Å². The molecule has 0 spiro atoms. The number of aromatic nitrogens is 2. The van der Waals surface area contributed by atoms with Crippen molar-refractivity contribution < 1.29 is 4.74 Å². The SMILES string of the molecule is CC(C)(C)c1ccnc(-n2c3ccccc3c3c(C(C)(C)c4ccccc4)cc(Oc4cccc(N5CN(c6cccc(C(C)(C)c7ccccc7)c6)c6ccccc65)c4)cc32)c1. The fourth-order valence-corrected chi connectivity index (χ4v) is 9.48. The lowest BCUT2D eigenvalue weighted by molar-refractivity contribution is 0.481. The predicted molar refractivity (Wildman–Crippen MR) is 263 cm³/mol. The quantitative estimate of drug-likeness (QED) is 0.145. The zero-order valence-corrected chi connectivity index (χ0v) is 37.3. The minimum Gasteiger partial charge on any atom is -0.457 e. The first-order valence-corrected chi connectivity index (χ1v) is 22.1. The Labute approximate surface area is 371 Å². The predicted octanol–water partition coefficient (Wildman–Crippen LogP) is 15.2. The molecule has 0 atom stereocenters. The molecule has 5 nitrogen and oxygen atoms in total. The first-order valence-electron chi connectivity index (χ1n) is 22.1. The van der Waals surface area contributed by atoms with Gasteiger partial charge in [-0.15, -0.1) is 0 Å². The van der Waals surface area contributed by atoms with E-state index >= 15 is 0 Å². The number of pyridine rings is 1. The van der Waals surface area contributed by atoms with E-state index in [9.17, 15) is 0 Å². The van der Waals surface area contributed by atoms with Crippen LogP contribution in [-0.4, -0.2) is 16.2 Å². The summed E-state index contributed by atoms with van der Waals surface area (Å²) in [5.41, 5.74) is 12.4. The van der Waals surface area contributed by atoms with Crippen LogP contribution in [0.1, 0.15) is 76.3 Å². The molecule has 0 saturated heterocycles. The van der Waals surface area contributed by atoms with Crippen LogP contribution in [0.3, 0.4) is 0 Å². The highest BCUT2D eigenvalue weighted by Crippen LogP contribution is 2.47. The highest BCUT2D eigenvalue weighted by atomic mass is 16.5. The molecule has 0 fully saturated rings. The van der Waals surface area contributed by atoms with Crippen LogP contribution in [0.5, 0.6) is 11.5 Å². The normalized spacial score (nSPS) is 13.2. The van der Waals surface area contributed by atoms with Gasteiger partial charge in [0.15, 0.2) is 0 Å². The van der Waals surface area contributed by atoms with Gasteiger partial charge in [-0.05, 0) is 93.9 Å². The highest BCUT2D eigenvalue weighted by Gasteiger charge is 2.32. The number of anilines is 4. The van der Waals surface area contributed by atoms with Gasteiger partial charge in [-0.25, -0.2) is 4.98 Å². The maximum atomic E-state index is 7.04. The fourth-order valence-electron chi connectivity index (χ4n) is 9.48. The lowest BCUT2D eigenvalue weighted by Crippen LogP contribution is -2.25. The molecule has 0 bridgehead atoms. The summed E-state index contributed by atoms with van der Waals surface area (Å²) < 4.78 is 9.36. The molecule has 9 aromatic rings. The molecule has 5 heteroatoms. The largest absolute Gasteiger partial charge is 0.457 e. The van der Waals surface area contributed by atoms with Gasteiger partial charge < -0.3 is 14.5 Å². The van der Waals surface area contributed by atoms with Crippen LogP contribution in [0, 0.1) is 0 Å². The Morgan fingerprint density at radius 1 is 0.460 bits per heavy atom. The van der Waals surface area contributed by atoms with Crippen molar-refractivity contribution in [3.63, 3.8) is 0 Å². The van der Waals surface area contributed by atoms with Crippen molar-refractivity contribution in [2.75, 3.05) is 16.5 Å². The van der Waals surface area contributed by atoms with Gasteiger partial charge in [-0.2, -0.15) is 0 Å². The summed E-state index contributed by atoms with van der Waals surface area (Å²) in [6.45, 7) is 16.7. The molecule has 0 unspecified atom stereocenters. The third-order valence-corrected chi connectivity index (χ3v) is 13.2. The lowest BCUT2D eigenvalue weighted by atomic mass is 9.76. The topological polar surface area (TPSA) is 33.5 Å². The Kier molecular flexibility index (Phi) is 9.75. The third-order valence-electron chi connectivity index (χ3n) is 13.2. The van der Waals surface area contributed by atoms with Gasteiger partial charge in [-0.1, -0.05) is 158 Å². The van der Waals surface area contributed by atoms with Crippen LogP contribution in [0.4, 0.5) is 22.7 Å². The molecule has 0 aliphatic carbocycles. The van der Waals surface area contributed by atoms with Crippen molar-refractivity contribution in [2.45, 2.75) is 64.7 Å². The number of para-hydroxylation sites is 3. The van der Waals surface area contributed by atoms with Gasteiger partial charge in [0.05, 0.1) is 22.4 Å². The Bertz CT molecular complexity index is 3120. The van der Waals surface area contributed by atoms with E-state index in [0.717, 1.165) is 39.7 Å². The highest BCUT2D eigenvalue weighted by molar-refractivity contribution is 6.12. The Morgan fingerprint density at radius 2 is 1.05 bits per heavy atom. The van der Waals surface area contributed by atoms with Crippen molar-refractivity contribution in [3.05, 3.63) is 216 Å². The number of hydrogen-bond acceptors (Lipinski definition) is 4. The second-order valence-corrected chi connectivity index (χ2v) is 19.0. The van der Waals surface area contributed by atoms with E-state index in [1.165, 1.54) is 50.0 Å². The van der Waals surface area contributed by atoms with Gasteiger partial charge in [0.2, 0.25) is 0 Å². The van der Waals surface area contributed by atoms with Gasteiger partial charge in [-0.3, -0.25) is 4.57 Å². The molecule has 0 saturated carbocycles. The smallest absolute Gasteiger partial charge is 0.137 e. The number of fused-ring (bicyclic) bond motifs is 4. The Hall–Kier alpha value is -7.11. The molecule has 10 rings (SSSR count). The first-order chi connectivity index (χ1) is 30.4. The number of ether oxygens (including phenoxy) is 1. The third kappa shape index (κ3) is 7.12. The van der Waals surface area contributed by atoms with Gasteiger partial charge >= 0.3 is 0 Å². The zero-order chi connectivity index (χ0) is 43.5. The van der Waals surface area contributed by atoms with Gasteiger partial charge in [0.1, 0.15) is 24.0 Å². The lowest BCUT2D eigenvalue weighted by Gasteiger charge is -2.28.